The van der Waals surface area contributed by atoms with Gasteiger partial charge in [-0.05, 0) is 43.9 Å². The van der Waals surface area contributed by atoms with E-state index in [9.17, 15) is 4.79 Å². The van der Waals surface area contributed by atoms with Gasteiger partial charge in [-0.25, -0.2) is 0 Å². The number of nitrogens with one attached hydrogen (secondary N) is 1. The molecular weight excluding hydrogens is 252 g/mol. The summed E-state index contributed by atoms with van der Waals surface area (Å²) >= 11 is 0. The average Bonchev–Trinajstić information content (AvgIpc) is 2.35. The highest BCUT2D eigenvalue weighted by atomic mass is 16.5. The van der Waals surface area contributed by atoms with E-state index in [1.54, 1.807) is 0 Å². The predicted octanol–water partition coefficient (Wildman–Crippen LogP) is 2.35. The van der Waals surface area contributed by atoms with Crippen LogP contribution in [0.1, 0.15) is 44.7 Å². The monoisotopic (exact) mass is 278 g/mol. The number of carbonyl (C=O) groups is 1. The molecule has 0 fully saturated rings. The molecule has 0 aliphatic carbocycles. The van der Waals surface area contributed by atoms with Crippen LogP contribution in [0.25, 0.3) is 0 Å². The largest absolute Gasteiger partial charge is 0.483 e. The van der Waals surface area contributed by atoms with Gasteiger partial charge < -0.3 is 15.8 Å². The number of hydrogen-bond donors (Lipinski definition) is 2. The maximum atomic E-state index is 11.9. The van der Waals surface area contributed by atoms with Crippen LogP contribution in [0.3, 0.4) is 0 Å². The van der Waals surface area contributed by atoms with E-state index in [4.69, 9.17) is 10.5 Å². The third-order valence-corrected chi connectivity index (χ3v) is 3.14. The highest BCUT2D eigenvalue weighted by Gasteiger charge is 2.18. The summed E-state index contributed by atoms with van der Waals surface area (Å²) in [5.41, 5.74) is 7.41. The van der Waals surface area contributed by atoms with Crippen LogP contribution in [0.4, 0.5) is 0 Å². The zero-order valence-electron chi connectivity index (χ0n) is 13.1. The first-order valence-electron chi connectivity index (χ1n) is 6.99. The molecule has 0 saturated heterocycles. The lowest BCUT2D eigenvalue weighted by Gasteiger charge is -2.24. The number of hydrogen-bond acceptors (Lipinski definition) is 3. The summed E-state index contributed by atoms with van der Waals surface area (Å²) in [6, 6.07) is 6.08. The Balaban J connectivity index is 2.70. The van der Waals surface area contributed by atoms with Gasteiger partial charge in [-0.1, -0.05) is 26.0 Å². The number of ether oxygens (including phenoxy) is 1. The van der Waals surface area contributed by atoms with Gasteiger partial charge in [0.05, 0.1) is 0 Å². The summed E-state index contributed by atoms with van der Waals surface area (Å²) in [7, 11) is 0. The second-order valence-corrected chi connectivity index (χ2v) is 6.12. The van der Waals surface area contributed by atoms with E-state index in [0.717, 1.165) is 16.9 Å². The molecule has 0 aliphatic rings. The molecule has 0 saturated carbocycles. The van der Waals surface area contributed by atoms with Crippen LogP contribution < -0.4 is 15.8 Å². The Hall–Kier alpha value is -1.55. The Labute approximate surface area is 121 Å². The Kier molecular flexibility index (Phi) is 5.57. The molecule has 0 spiro atoms. The molecule has 0 unspecified atom stereocenters. The first kappa shape index (κ1) is 16.5. The van der Waals surface area contributed by atoms with Gasteiger partial charge in [0, 0.05) is 12.1 Å². The highest BCUT2D eigenvalue weighted by molar-refractivity contribution is 5.78. The van der Waals surface area contributed by atoms with Crippen LogP contribution >= 0.6 is 0 Å². The number of aryl methyl sites for hydroxylation is 1. The van der Waals surface area contributed by atoms with Gasteiger partial charge in [0.25, 0.3) is 5.91 Å². The minimum absolute atomic E-state index is 0.00655. The van der Waals surface area contributed by atoms with Gasteiger partial charge in [0.1, 0.15) is 5.75 Å². The third-order valence-electron chi connectivity index (χ3n) is 3.14. The zero-order valence-corrected chi connectivity index (χ0v) is 13.1. The normalized spacial score (nSPS) is 11.6. The summed E-state index contributed by atoms with van der Waals surface area (Å²) in [4.78, 5) is 11.9. The lowest BCUT2D eigenvalue weighted by molar-refractivity contribution is -0.124. The van der Waals surface area contributed by atoms with E-state index in [1.807, 2.05) is 26.8 Å². The van der Waals surface area contributed by atoms with E-state index in [1.165, 1.54) is 0 Å². The highest BCUT2D eigenvalue weighted by Crippen LogP contribution is 2.27. The molecule has 0 bridgehead atoms. The number of amides is 1. The van der Waals surface area contributed by atoms with Crippen LogP contribution in [-0.4, -0.2) is 24.6 Å². The van der Waals surface area contributed by atoms with Crippen LogP contribution in [0.15, 0.2) is 18.2 Å². The Morgan fingerprint density at radius 1 is 1.40 bits per heavy atom. The van der Waals surface area contributed by atoms with Crippen LogP contribution in [-0.2, 0) is 4.79 Å². The van der Waals surface area contributed by atoms with Gasteiger partial charge in [-0.15, -0.1) is 0 Å². The van der Waals surface area contributed by atoms with E-state index in [2.05, 4.69) is 31.3 Å². The van der Waals surface area contributed by atoms with Crippen molar-refractivity contribution in [1.29, 1.82) is 0 Å². The molecule has 20 heavy (non-hydrogen) atoms. The summed E-state index contributed by atoms with van der Waals surface area (Å²) in [6.45, 7) is 10.4. The minimum atomic E-state index is -0.409. The summed E-state index contributed by atoms with van der Waals surface area (Å²) in [5, 5.41) is 2.85. The number of benzene rings is 1. The molecule has 1 rings (SSSR count). The van der Waals surface area contributed by atoms with Crippen molar-refractivity contribution in [2.75, 3.05) is 13.2 Å². The molecule has 3 N–H and O–H groups in total. The van der Waals surface area contributed by atoms with E-state index in [-0.39, 0.29) is 12.5 Å². The van der Waals surface area contributed by atoms with Gasteiger partial charge in [-0.2, -0.15) is 0 Å². The van der Waals surface area contributed by atoms with Crippen molar-refractivity contribution >= 4 is 5.91 Å². The maximum Gasteiger partial charge on any atom is 0.258 e. The molecular formula is C16H26N2O2. The zero-order chi connectivity index (χ0) is 15.3. The first-order chi connectivity index (χ1) is 9.25. The fourth-order valence-electron chi connectivity index (χ4n) is 1.85. The lowest BCUT2D eigenvalue weighted by Crippen LogP contribution is -2.50. The molecule has 4 heteroatoms. The van der Waals surface area contributed by atoms with Crippen molar-refractivity contribution in [3.8, 4) is 5.75 Å². The second kappa shape index (κ2) is 6.75. The Morgan fingerprint density at radius 2 is 2.05 bits per heavy atom. The standard InChI is InChI=1S/C16H26N2O2/c1-11(2)13-7-6-12(3)8-14(13)20-9-15(19)18-16(4,5)10-17/h6-8,11H,9-10,17H2,1-5H3,(H,18,19). The van der Waals surface area contributed by atoms with Gasteiger partial charge in [-0.3, -0.25) is 4.79 Å². The van der Waals surface area contributed by atoms with Crippen molar-refractivity contribution in [3.63, 3.8) is 0 Å². The third kappa shape index (κ3) is 4.85. The maximum absolute atomic E-state index is 11.9. The molecule has 0 radical (unpaired) electrons. The predicted molar refractivity (Wildman–Crippen MR) is 82.0 cm³/mol. The molecule has 1 amide bonds. The molecule has 0 heterocycles. The average molecular weight is 278 g/mol. The van der Waals surface area contributed by atoms with Crippen LogP contribution in [0.5, 0.6) is 5.75 Å². The van der Waals surface area contributed by atoms with Gasteiger partial charge in [0.15, 0.2) is 6.61 Å². The van der Waals surface area contributed by atoms with E-state index >= 15 is 0 Å². The summed E-state index contributed by atoms with van der Waals surface area (Å²) in [5.74, 6) is 0.978. The molecule has 0 aromatic heterocycles. The Bertz CT molecular complexity index is 468. The minimum Gasteiger partial charge on any atom is -0.483 e. The van der Waals surface area contributed by atoms with Gasteiger partial charge >= 0.3 is 0 Å². The smallest absolute Gasteiger partial charge is 0.258 e. The SMILES string of the molecule is Cc1ccc(C(C)C)c(OCC(=O)NC(C)(C)CN)c1. The van der Waals surface area contributed by atoms with Crippen molar-refractivity contribution in [1.82, 2.24) is 5.32 Å². The number of nitrogens with two attached hydrogens (primary N) is 1. The second-order valence-electron chi connectivity index (χ2n) is 6.12. The van der Waals surface area contributed by atoms with Crippen molar-refractivity contribution in [2.24, 2.45) is 5.73 Å². The first-order valence-corrected chi connectivity index (χ1v) is 6.99. The number of rotatable bonds is 6. The fraction of sp³-hybridized carbons (Fsp3) is 0.562. The molecule has 112 valence electrons. The van der Waals surface area contributed by atoms with Gasteiger partial charge in [0.2, 0.25) is 0 Å². The molecule has 4 nitrogen and oxygen atoms in total. The molecule has 0 atom stereocenters. The number of carbonyl (C=O) groups excluding carboxylic acids is 1. The summed E-state index contributed by atoms with van der Waals surface area (Å²) < 4.78 is 5.68. The quantitative estimate of drug-likeness (QED) is 0.839. The lowest BCUT2D eigenvalue weighted by atomic mass is 10.0. The van der Waals surface area contributed by atoms with E-state index < -0.39 is 5.54 Å². The van der Waals surface area contributed by atoms with Crippen molar-refractivity contribution in [2.45, 2.75) is 46.1 Å². The molecule has 0 aliphatic heterocycles. The molecule has 1 aromatic rings. The van der Waals surface area contributed by atoms with Crippen molar-refractivity contribution in [3.05, 3.63) is 29.3 Å². The fourth-order valence-corrected chi connectivity index (χ4v) is 1.85. The van der Waals surface area contributed by atoms with Crippen LogP contribution in [0.2, 0.25) is 0 Å². The molecule has 1 aromatic carbocycles. The Morgan fingerprint density at radius 3 is 2.60 bits per heavy atom. The summed E-state index contributed by atoms with van der Waals surface area (Å²) in [6.07, 6.45) is 0. The van der Waals surface area contributed by atoms with E-state index in [0.29, 0.717) is 12.5 Å². The van der Waals surface area contributed by atoms with Crippen LogP contribution in [0, 0.1) is 6.92 Å². The topological polar surface area (TPSA) is 64.3 Å². The van der Waals surface area contributed by atoms with Crippen molar-refractivity contribution < 1.29 is 9.53 Å².